The van der Waals surface area contributed by atoms with Crippen molar-refractivity contribution in [2.75, 3.05) is 0 Å². The zero-order valence-corrected chi connectivity index (χ0v) is 6.16. The predicted molar refractivity (Wildman–Crippen MR) is 42.5 cm³/mol. The Balaban J connectivity index is 3.27. The molecule has 1 rings (SSSR count). The molecule has 0 bridgehead atoms. The van der Waals surface area contributed by atoms with E-state index in [2.05, 4.69) is 11.4 Å². The van der Waals surface area contributed by atoms with Gasteiger partial charge in [-0.1, -0.05) is 12.7 Å². The van der Waals surface area contributed by atoms with Crippen LogP contribution in [0.25, 0.3) is 4.85 Å². The summed E-state index contributed by atoms with van der Waals surface area (Å²) in [6.07, 6.45) is 2.75. The van der Waals surface area contributed by atoms with Crippen LogP contribution in [0.4, 0.5) is 0 Å². The van der Waals surface area contributed by atoms with Gasteiger partial charge in [-0.05, 0) is 6.08 Å². The Morgan fingerprint density at radius 2 is 2.33 bits per heavy atom. The average Bonchev–Trinajstić information content (AvgIpc) is 2.38. The summed E-state index contributed by atoms with van der Waals surface area (Å²) in [4.78, 5) is 13.9. The van der Waals surface area contributed by atoms with Crippen LogP contribution in [-0.4, -0.2) is 5.78 Å². The summed E-state index contributed by atoms with van der Waals surface area (Å²) in [5.41, 5.74) is 0.488. The molecule has 56 valence electrons. The molecule has 0 radical (unpaired) electrons. The molecule has 3 heteroatoms. The summed E-state index contributed by atoms with van der Waals surface area (Å²) >= 11 is 0. The third-order valence-electron chi connectivity index (χ3n) is 1.50. The van der Waals surface area contributed by atoms with Crippen molar-refractivity contribution >= 4 is 5.78 Å². The lowest BCUT2D eigenvalue weighted by molar-refractivity contribution is -0.110. The number of nitrogens with zero attached hydrogens (tertiary/aromatic N) is 2. The van der Waals surface area contributed by atoms with Gasteiger partial charge in [-0.15, -0.1) is 0 Å². The van der Waals surface area contributed by atoms with Gasteiger partial charge in [0.1, 0.15) is 0 Å². The van der Waals surface area contributed by atoms with E-state index in [4.69, 9.17) is 11.8 Å². The maximum atomic E-state index is 10.9. The number of rotatable bonds is 0. The molecule has 3 nitrogen and oxygen atoms in total. The predicted octanol–water partition coefficient (Wildman–Crippen LogP) is 1.38. The van der Waals surface area contributed by atoms with Crippen LogP contribution in [-0.2, 0) is 4.79 Å². The highest BCUT2D eigenvalue weighted by Crippen LogP contribution is 2.22. The monoisotopic (exact) mass is 156 g/mol. The van der Waals surface area contributed by atoms with Gasteiger partial charge < -0.3 is 0 Å². The molecule has 0 saturated carbocycles. The Morgan fingerprint density at radius 1 is 1.67 bits per heavy atom. The molecule has 0 N–H and O–H groups in total. The molecule has 0 aromatic carbocycles. The topological polar surface area (TPSA) is 45.2 Å². The van der Waals surface area contributed by atoms with Crippen molar-refractivity contribution < 1.29 is 4.79 Å². The van der Waals surface area contributed by atoms with Gasteiger partial charge in [0.15, 0.2) is 5.78 Å². The van der Waals surface area contributed by atoms with E-state index in [9.17, 15) is 4.79 Å². The molecule has 0 spiro atoms. The first-order valence-electron chi connectivity index (χ1n) is 3.14. The van der Waals surface area contributed by atoms with Gasteiger partial charge in [0, 0.05) is 11.1 Å². The SMILES string of the molecule is [C-]#[N+]/C(C#N)=C1/C=CC(=O)C1=C. The molecule has 0 atom stereocenters. The van der Waals surface area contributed by atoms with E-state index in [0.29, 0.717) is 5.57 Å². The number of carbonyl (C=O) groups is 1. The van der Waals surface area contributed by atoms with Crippen LogP contribution >= 0.6 is 0 Å². The molecular weight excluding hydrogens is 152 g/mol. The molecule has 1 aliphatic rings. The zero-order chi connectivity index (χ0) is 9.14. The molecule has 0 fully saturated rings. The summed E-state index contributed by atoms with van der Waals surface area (Å²) in [5.74, 6) is -0.235. The fourth-order valence-corrected chi connectivity index (χ4v) is 0.860. The summed E-state index contributed by atoms with van der Waals surface area (Å²) in [6.45, 7) is 10.1. The summed E-state index contributed by atoms with van der Waals surface area (Å²) in [5, 5.41) is 8.48. The Morgan fingerprint density at radius 3 is 2.67 bits per heavy atom. The van der Waals surface area contributed by atoms with E-state index in [1.54, 1.807) is 6.07 Å². The fourth-order valence-electron chi connectivity index (χ4n) is 0.860. The van der Waals surface area contributed by atoms with Gasteiger partial charge in [-0.25, -0.2) is 10.1 Å². The van der Waals surface area contributed by atoms with Crippen molar-refractivity contribution in [1.29, 1.82) is 5.26 Å². The number of hydrogen-bond acceptors (Lipinski definition) is 2. The zero-order valence-electron chi connectivity index (χ0n) is 6.16. The Bertz CT molecular complexity index is 383. The van der Waals surface area contributed by atoms with Gasteiger partial charge in [-0.3, -0.25) is 4.79 Å². The third-order valence-corrected chi connectivity index (χ3v) is 1.50. The normalized spacial score (nSPS) is 18.8. The van der Waals surface area contributed by atoms with Crippen LogP contribution in [0.15, 0.2) is 35.6 Å². The largest absolute Gasteiger partial charge is 0.289 e. The van der Waals surface area contributed by atoms with Crippen molar-refractivity contribution in [2.24, 2.45) is 0 Å². The number of nitriles is 1. The summed E-state index contributed by atoms with van der Waals surface area (Å²) in [6, 6.07) is 1.71. The molecule has 0 amide bonds. The Labute approximate surface area is 69.7 Å². The lowest BCUT2D eigenvalue weighted by atomic mass is 10.1. The second kappa shape index (κ2) is 2.86. The maximum Gasteiger partial charge on any atom is 0.269 e. The first-order valence-corrected chi connectivity index (χ1v) is 3.14. The second-order valence-electron chi connectivity index (χ2n) is 2.16. The fraction of sp³-hybridized carbons (Fsp3) is 0. The minimum Gasteiger partial charge on any atom is -0.289 e. The minimum absolute atomic E-state index is 0.0814. The van der Waals surface area contributed by atoms with Crippen LogP contribution in [0, 0.1) is 17.9 Å². The second-order valence-corrected chi connectivity index (χ2v) is 2.16. The molecule has 0 unspecified atom stereocenters. The molecule has 12 heavy (non-hydrogen) atoms. The standard InChI is InChI=1S/C9H4N2O/c1-6-7(3-4-9(6)12)8(5-10)11-2/h3-4H,1H2/b8-7-. The number of hydrogen-bond donors (Lipinski definition) is 0. The van der Waals surface area contributed by atoms with Crippen LogP contribution < -0.4 is 0 Å². The number of ketones is 1. The quantitative estimate of drug-likeness (QED) is 0.302. The van der Waals surface area contributed by atoms with Crippen molar-refractivity contribution in [1.82, 2.24) is 0 Å². The summed E-state index contributed by atoms with van der Waals surface area (Å²) < 4.78 is 0. The molecule has 0 saturated heterocycles. The highest BCUT2D eigenvalue weighted by Gasteiger charge is 2.17. The summed E-state index contributed by atoms with van der Waals surface area (Å²) in [7, 11) is 0. The van der Waals surface area contributed by atoms with E-state index in [1.807, 2.05) is 0 Å². The van der Waals surface area contributed by atoms with Gasteiger partial charge >= 0.3 is 0 Å². The minimum atomic E-state index is -0.235. The molecule has 0 aromatic heterocycles. The average molecular weight is 156 g/mol. The molecule has 0 aromatic rings. The van der Waals surface area contributed by atoms with Crippen molar-refractivity contribution in [3.8, 4) is 6.07 Å². The first-order chi connectivity index (χ1) is 5.70. The first kappa shape index (κ1) is 7.97. The Kier molecular flexibility index (Phi) is 1.90. The van der Waals surface area contributed by atoms with Gasteiger partial charge in [0.25, 0.3) is 5.70 Å². The third kappa shape index (κ3) is 1.04. The number of carbonyl (C=O) groups excluding carboxylic acids is 1. The lowest BCUT2D eigenvalue weighted by Crippen LogP contribution is -1.92. The van der Waals surface area contributed by atoms with Gasteiger partial charge in [0.2, 0.25) is 0 Å². The highest BCUT2D eigenvalue weighted by molar-refractivity contribution is 6.11. The van der Waals surface area contributed by atoms with E-state index in [0.717, 1.165) is 0 Å². The molecule has 0 heterocycles. The van der Waals surface area contributed by atoms with Crippen molar-refractivity contribution in [2.45, 2.75) is 0 Å². The highest BCUT2D eigenvalue weighted by atomic mass is 16.1. The maximum absolute atomic E-state index is 10.9. The van der Waals surface area contributed by atoms with Crippen molar-refractivity contribution in [3.63, 3.8) is 0 Å². The van der Waals surface area contributed by atoms with Gasteiger partial charge in [0.05, 0.1) is 12.6 Å². The van der Waals surface area contributed by atoms with E-state index in [1.165, 1.54) is 12.2 Å². The van der Waals surface area contributed by atoms with Crippen LogP contribution in [0.2, 0.25) is 0 Å². The van der Waals surface area contributed by atoms with E-state index < -0.39 is 0 Å². The molecular formula is C9H4N2O. The molecule has 1 aliphatic carbocycles. The smallest absolute Gasteiger partial charge is 0.269 e. The van der Waals surface area contributed by atoms with Crippen LogP contribution in [0.3, 0.4) is 0 Å². The van der Waals surface area contributed by atoms with Crippen LogP contribution in [0.5, 0.6) is 0 Å². The van der Waals surface area contributed by atoms with Crippen molar-refractivity contribution in [3.05, 3.63) is 47.0 Å². The van der Waals surface area contributed by atoms with E-state index in [-0.39, 0.29) is 17.1 Å². The van der Waals surface area contributed by atoms with E-state index >= 15 is 0 Å². The Hall–Kier alpha value is -2.13. The lowest BCUT2D eigenvalue weighted by Gasteiger charge is -1.93. The van der Waals surface area contributed by atoms with Gasteiger partial charge in [-0.2, -0.15) is 0 Å². The molecule has 0 aliphatic heterocycles. The van der Waals surface area contributed by atoms with Crippen LogP contribution in [0.1, 0.15) is 0 Å². The number of allylic oxidation sites excluding steroid dienone is 5.